The Morgan fingerprint density at radius 2 is 1.88 bits per heavy atom. The first-order valence-electron chi connectivity index (χ1n) is 6.85. The molecule has 17 heavy (non-hydrogen) atoms. The van der Waals surface area contributed by atoms with Crippen molar-refractivity contribution in [3.8, 4) is 0 Å². The molecule has 0 atom stereocenters. The maximum absolute atomic E-state index is 3.53. The van der Waals surface area contributed by atoms with Crippen LogP contribution in [0.4, 0.5) is 0 Å². The van der Waals surface area contributed by atoms with E-state index in [4.69, 9.17) is 0 Å². The molecule has 1 heterocycles. The molecule has 98 valence electrons. The molecule has 0 spiro atoms. The second kappa shape index (κ2) is 7.17. The van der Waals surface area contributed by atoms with Crippen molar-refractivity contribution in [1.29, 1.82) is 0 Å². The van der Waals surface area contributed by atoms with Crippen LogP contribution >= 0.6 is 11.3 Å². The average molecular weight is 253 g/mol. The van der Waals surface area contributed by atoms with Gasteiger partial charge in [0.1, 0.15) is 0 Å². The van der Waals surface area contributed by atoms with Gasteiger partial charge in [-0.25, -0.2) is 0 Å². The van der Waals surface area contributed by atoms with Crippen molar-refractivity contribution < 1.29 is 0 Å². The highest BCUT2D eigenvalue weighted by Crippen LogP contribution is 2.25. The fourth-order valence-electron chi connectivity index (χ4n) is 1.90. The number of aryl methyl sites for hydroxylation is 2. The Bertz CT molecular complexity index is 314. The Labute approximate surface area is 111 Å². The molecule has 0 aliphatic rings. The molecule has 0 amide bonds. The van der Waals surface area contributed by atoms with Gasteiger partial charge in [-0.3, -0.25) is 0 Å². The predicted molar refractivity (Wildman–Crippen MR) is 79.0 cm³/mol. The normalized spacial score (nSPS) is 12.0. The molecule has 1 aromatic heterocycles. The van der Waals surface area contributed by atoms with Crippen molar-refractivity contribution in [3.05, 3.63) is 21.9 Å². The van der Waals surface area contributed by atoms with E-state index in [0.717, 1.165) is 13.1 Å². The van der Waals surface area contributed by atoms with Crippen LogP contribution in [0.3, 0.4) is 0 Å². The van der Waals surface area contributed by atoms with E-state index in [1.54, 1.807) is 4.88 Å². The van der Waals surface area contributed by atoms with Crippen LogP contribution in [0.1, 0.15) is 50.3 Å². The van der Waals surface area contributed by atoms with Crippen LogP contribution in [0.5, 0.6) is 0 Å². The lowest BCUT2D eigenvalue weighted by atomic mass is 9.87. The molecule has 1 nitrogen and oxygen atoms in total. The highest BCUT2D eigenvalue weighted by Gasteiger charge is 2.17. The van der Waals surface area contributed by atoms with Crippen LogP contribution in [-0.2, 0) is 12.8 Å². The fourth-order valence-corrected chi connectivity index (χ4v) is 2.86. The fraction of sp³-hybridized carbons (Fsp3) is 0.733. The van der Waals surface area contributed by atoms with Crippen molar-refractivity contribution in [1.82, 2.24) is 5.32 Å². The summed E-state index contributed by atoms with van der Waals surface area (Å²) in [6.45, 7) is 11.5. The van der Waals surface area contributed by atoms with Gasteiger partial charge < -0.3 is 5.32 Å². The first kappa shape index (κ1) is 14.7. The third-order valence-corrected chi connectivity index (χ3v) is 4.43. The minimum atomic E-state index is 0.408. The number of hydrogen-bond acceptors (Lipinski definition) is 2. The monoisotopic (exact) mass is 253 g/mol. The van der Waals surface area contributed by atoms with Gasteiger partial charge in [0.2, 0.25) is 0 Å². The molecule has 0 saturated carbocycles. The Balaban J connectivity index is 2.32. The molecular weight excluding hydrogens is 226 g/mol. The SMILES string of the molecule is CCCNCC(C)(C)CCc1ccc(CC)s1. The summed E-state index contributed by atoms with van der Waals surface area (Å²) in [4.78, 5) is 3.06. The van der Waals surface area contributed by atoms with Gasteiger partial charge in [-0.2, -0.15) is 0 Å². The van der Waals surface area contributed by atoms with Crippen molar-refractivity contribution in [2.24, 2.45) is 5.41 Å². The van der Waals surface area contributed by atoms with Crippen LogP contribution in [0, 0.1) is 5.41 Å². The van der Waals surface area contributed by atoms with E-state index in [1.807, 2.05) is 11.3 Å². The van der Waals surface area contributed by atoms with Crippen molar-refractivity contribution in [2.75, 3.05) is 13.1 Å². The highest BCUT2D eigenvalue weighted by molar-refractivity contribution is 7.11. The Kier molecular flexibility index (Phi) is 6.21. The standard InChI is InChI=1S/C15H27NS/c1-5-11-16-12-15(3,4)10-9-14-8-7-13(6-2)17-14/h7-8,16H,5-6,9-12H2,1-4H3. The van der Waals surface area contributed by atoms with Gasteiger partial charge in [-0.15, -0.1) is 11.3 Å². The topological polar surface area (TPSA) is 12.0 Å². The first-order valence-corrected chi connectivity index (χ1v) is 7.67. The molecule has 0 aromatic carbocycles. The largest absolute Gasteiger partial charge is 0.316 e. The third-order valence-electron chi connectivity index (χ3n) is 3.14. The molecule has 0 saturated heterocycles. The minimum Gasteiger partial charge on any atom is -0.316 e. The summed E-state index contributed by atoms with van der Waals surface area (Å²) in [5, 5.41) is 3.53. The summed E-state index contributed by atoms with van der Waals surface area (Å²) < 4.78 is 0. The quantitative estimate of drug-likeness (QED) is 0.682. The van der Waals surface area contributed by atoms with E-state index in [0.29, 0.717) is 5.41 Å². The van der Waals surface area contributed by atoms with Crippen molar-refractivity contribution >= 4 is 11.3 Å². The van der Waals surface area contributed by atoms with Crippen LogP contribution in [0.25, 0.3) is 0 Å². The smallest absolute Gasteiger partial charge is 0.00483 e. The Morgan fingerprint density at radius 1 is 1.18 bits per heavy atom. The second-order valence-electron chi connectivity index (χ2n) is 5.56. The molecule has 1 aromatic rings. The summed E-state index contributed by atoms with van der Waals surface area (Å²) in [7, 11) is 0. The van der Waals surface area contributed by atoms with E-state index in [9.17, 15) is 0 Å². The molecule has 0 aliphatic carbocycles. The van der Waals surface area contributed by atoms with E-state index >= 15 is 0 Å². The molecule has 2 heteroatoms. The summed E-state index contributed by atoms with van der Waals surface area (Å²) in [6, 6.07) is 4.58. The Hall–Kier alpha value is -0.340. The van der Waals surface area contributed by atoms with E-state index < -0.39 is 0 Å². The summed E-state index contributed by atoms with van der Waals surface area (Å²) in [5.41, 5.74) is 0.408. The minimum absolute atomic E-state index is 0.408. The Morgan fingerprint density at radius 3 is 2.47 bits per heavy atom. The maximum Gasteiger partial charge on any atom is 0.00483 e. The lowest BCUT2D eigenvalue weighted by Crippen LogP contribution is -2.30. The van der Waals surface area contributed by atoms with Gasteiger partial charge >= 0.3 is 0 Å². The summed E-state index contributed by atoms with van der Waals surface area (Å²) in [6.07, 6.45) is 4.89. The number of hydrogen-bond donors (Lipinski definition) is 1. The van der Waals surface area contributed by atoms with Crippen molar-refractivity contribution in [2.45, 2.75) is 53.4 Å². The number of rotatable bonds is 8. The third kappa shape index (κ3) is 5.69. The van der Waals surface area contributed by atoms with Gasteiger partial charge in [0.25, 0.3) is 0 Å². The van der Waals surface area contributed by atoms with Crippen LogP contribution in [0.2, 0.25) is 0 Å². The second-order valence-corrected chi connectivity index (χ2v) is 6.82. The zero-order valence-corrected chi connectivity index (χ0v) is 12.6. The predicted octanol–water partition coefficient (Wildman–Crippen LogP) is 4.27. The van der Waals surface area contributed by atoms with Gasteiger partial charge in [0.15, 0.2) is 0 Å². The lowest BCUT2D eigenvalue weighted by molar-refractivity contribution is 0.316. The highest BCUT2D eigenvalue weighted by atomic mass is 32.1. The molecule has 0 fully saturated rings. The maximum atomic E-state index is 3.53. The van der Waals surface area contributed by atoms with Gasteiger partial charge in [0, 0.05) is 16.3 Å². The van der Waals surface area contributed by atoms with Crippen LogP contribution in [0.15, 0.2) is 12.1 Å². The van der Waals surface area contributed by atoms with Crippen molar-refractivity contribution in [3.63, 3.8) is 0 Å². The number of nitrogens with one attached hydrogen (secondary N) is 1. The van der Waals surface area contributed by atoms with Gasteiger partial charge in [-0.1, -0.05) is 27.7 Å². The van der Waals surface area contributed by atoms with Crippen LogP contribution in [-0.4, -0.2) is 13.1 Å². The molecule has 0 unspecified atom stereocenters. The van der Waals surface area contributed by atoms with E-state index in [1.165, 1.54) is 30.6 Å². The summed E-state index contributed by atoms with van der Waals surface area (Å²) >= 11 is 1.98. The molecule has 0 bridgehead atoms. The van der Waals surface area contributed by atoms with Gasteiger partial charge in [-0.05, 0) is 49.8 Å². The van der Waals surface area contributed by atoms with Crippen LogP contribution < -0.4 is 5.32 Å². The lowest BCUT2D eigenvalue weighted by Gasteiger charge is -2.24. The molecule has 1 N–H and O–H groups in total. The summed E-state index contributed by atoms with van der Waals surface area (Å²) in [5.74, 6) is 0. The molecule has 0 aliphatic heterocycles. The zero-order valence-electron chi connectivity index (χ0n) is 11.8. The first-order chi connectivity index (χ1) is 8.07. The van der Waals surface area contributed by atoms with E-state index in [-0.39, 0.29) is 0 Å². The molecule has 0 radical (unpaired) electrons. The van der Waals surface area contributed by atoms with Gasteiger partial charge in [0.05, 0.1) is 0 Å². The van der Waals surface area contributed by atoms with E-state index in [2.05, 4.69) is 45.1 Å². The number of thiophene rings is 1. The average Bonchev–Trinajstić information content (AvgIpc) is 2.75. The molecular formula is C15H27NS. The zero-order chi connectivity index (χ0) is 12.7. The molecule has 1 rings (SSSR count).